The Hall–Kier alpha value is -4.68. The van der Waals surface area contributed by atoms with Crippen LogP contribution in [0, 0.1) is 0 Å². The third-order valence-electron chi connectivity index (χ3n) is 7.51. The summed E-state index contributed by atoms with van der Waals surface area (Å²) in [6, 6.07) is 52.8. The fraction of sp³-hybridized carbons (Fsp3) is 0.0270. The van der Waals surface area contributed by atoms with E-state index in [9.17, 15) is 0 Å². The first-order valence-corrected chi connectivity index (χ1v) is 12.9. The highest BCUT2D eigenvalue weighted by Gasteiger charge is 2.29. The van der Waals surface area contributed by atoms with Gasteiger partial charge in [-0.25, -0.2) is 0 Å². The lowest BCUT2D eigenvalue weighted by molar-refractivity contribution is 1.26. The third-order valence-corrected chi connectivity index (χ3v) is 7.51. The molecular weight excluding hydrogens is 444 g/mol. The Bertz CT molecular complexity index is 1700. The second-order valence-electron chi connectivity index (χ2n) is 9.71. The van der Waals surface area contributed by atoms with Crippen LogP contribution in [0.2, 0.25) is 0 Å². The molecule has 6 aromatic carbocycles. The zero-order valence-corrected chi connectivity index (χ0v) is 20.6. The van der Waals surface area contributed by atoms with E-state index in [0.29, 0.717) is 0 Å². The van der Waals surface area contributed by atoms with Crippen LogP contribution in [-0.2, 0) is 6.42 Å². The van der Waals surface area contributed by atoms with Crippen molar-refractivity contribution in [3.05, 3.63) is 157 Å². The van der Waals surface area contributed by atoms with Crippen molar-refractivity contribution < 1.29 is 0 Å². The Kier molecular flexibility index (Phi) is 5.30. The molecule has 0 aromatic heterocycles. The fourth-order valence-corrected chi connectivity index (χ4v) is 5.83. The smallest absolute Gasteiger partial charge is 0.000661 e. The first-order chi connectivity index (χ1) is 18.4. The van der Waals surface area contributed by atoms with Gasteiger partial charge in [-0.05, 0) is 79.2 Å². The number of rotatable bonds is 4. The monoisotopic (exact) mass is 470 g/mol. The molecule has 0 bridgehead atoms. The molecule has 0 heteroatoms. The molecule has 0 saturated carbocycles. The Morgan fingerprint density at radius 3 is 1.35 bits per heavy atom. The zero-order chi connectivity index (χ0) is 24.6. The molecule has 7 rings (SSSR count). The molecule has 37 heavy (non-hydrogen) atoms. The van der Waals surface area contributed by atoms with Gasteiger partial charge in [-0.15, -0.1) is 0 Å². The van der Waals surface area contributed by atoms with Gasteiger partial charge < -0.3 is 0 Å². The summed E-state index contributed by atoms with van der Waals surface area (Å²) in [4.78, 5) is 0. The first-order valence-electron chi connectivity index (χ1n) is 12.9. The minimum absolute atomic E-state index is 0.927. The topological polar surface area (TPSA) is 0 Å². The van der Waals surface area contributed by atoms with Crippen molar-refractivity contribution in [2.75, 3.05) is 0 Å². The highest BCUT2D eigenvalue weighted by atomic mass is 14.3. The summed E-state index contributed by atoms with van der Waals surface area (Å²) >= 11 is 0. The maximum Gasteiger partial charge on any atom is -0.000661 e. The lowest BCUT2D eigenvalue weighted by atomic mass is 9.86. The van der Waals surface area contributed by atoms with Crippen molar-refractivity contribution >= 4 is 0 Å². The van der Waals surface area contributed by atoms with Gasteiger partial charge in [-0.3, -0.25) is 0 Å². The molecule has 0 unspecified atom stereocenters. The second kappa shape index (κ2) is 9.08. The van der Waals surface area contributed by atoms with E-state index in [4.69, 9.17) is 0 Å². The zero-order valence-electron chi connectivity index (χ0n) is 20.6. The highest BCUT2D eigenvalue weighted by molar-refractivity contribution is 6.01. The summed E-state index contributed by atoms with van der Waals surface area (Å²) in [5, 5.41) is 0. The van der Waals surface area contributed by atoms with E-state index in [1.807, 2.05) is 0 Å². The molecule has 0 saturated heterocycles. The van der Waals surface area contributed by atoms with Crippen LogP contribution >= 0.6 is 0 Å². The van der Waals surface area contributed by atoms with Crippen LogP contribution < -0.4 is 0 Å². The van der Waals surface area contributed by atoms with E-state index in [2.05, 4.69) is 146 Å². The van der Waals surface area contributed by atoms with Crippen LogP contribution in [0.25, 0.3) is 55.6 Å². The van der Waals surface area contributed by atoms with Gasteiger partial charge in [-0.1, -0.05) is 140 Å². The maximum atomic E-state index is 2.42. The Morgan fingerprint density at radius 1 is 0.324 bits per heavy atom. The molecule has 0 aliphatic heterocycles. The third kappa shape index (κ3) is 3.79. The molecule has 0 radical (unpaired) electrons. The molecule has 6 aromatic rings. The largest absolute Gasteiger partial charge is 0.0622 e. The number of fused-ring (bicyclic) bond motifs is 3. The van der Waals surface area contributed by atoms with Gasteiger partial charge in [0.2, 0.25) is 0 Å². The minimum atomic E-state index is 0.927. The molecule has 0 nitrogen and oxygen atoms in total. The lowest BCUT2D eigenvalue weighted by Gasteiger charge is -2.18. The van der Waals surface area contributed by atoms with Crippen molar-refractivity contribution in [1.29, 1.82) is 0 Å². The Morgan fingerprint density at radius 2 is 0.784 bits per heavy atom. The number of hydrogen-bond acceptors (Lipinski definition) is 0. The number of benzene rings is 6. The van der Waals surface area contributed by atoms with Gasteiger partial charge in [-0.2, -0.15) is 0 Å². The quantitative estimate of drug-likeness (QED) is 0.240. The summed E-state index contributed by atoms with van der Waals surface area (Å²) in [5.41, 5.74) is 15.8. The summed E-state index contributed by atoms with van der Waals surface area (Å²) in [6.07, 6.45) is 0.927. The number of hydrogen-bond donors (Lipinski definition) is 0. The normalized spacial score (nSPS) is 11.7. The van der Waals surface area contributed by atoms with Crippen LogP contribution in [0.15, 0.2) is 146 Å². The average molecular weight is 471 g/mol. The van der Waals surface area contributed by atoms with Gasteiger partial charge in [0.25, 0.3) is 0 Å². The van der Waals surface area contributed by atoms with E-state index in [1.54, 1.807) is 0 Å². The van der Waals surface area contributed by atoms with Crippen LogP contribution in [0.1, 0.15) is 11.1 Å². The summed E-state index contributed by atoms with van der Waals surface area (Å²) in [6.45, 7) is 0. The first kappa shape index (κ1) is 21.6. The molecule has 0 heterocycles. The molecule has 0 spiro atoms. The van der Waals surface area contributed by atoms with E-state index in [1.165, 1.54) is 66.8 Å². The van der Waals surface area contributed by atoms with E-state index < -0.39 is 0 Å². The highest BCUT2D eigenvalue weighted by Crippen LogP contribution is 2.51. The van der Waals surface area contributed by atoms with Crippen LogP contribution in [0.5, 0.6) is 0 Å². The summed E-state index contributed by atoms with van der Waals surface area (Å²) < 4.78 is 0. The van der Waals surface area contributed by atoms with Crippen LogP contribution in [0.4, 0.5) is 0 Å². The molecule has 174 valence electrons. The van der Waals surface area contributed by atoms with Gasteiger partial charge in [0.05, 0.1) is 0 Å². The molecule has 1 aliphatic carbocycles. The lowest BCUT2D eigenvalue weighted by Crippen LogP contribution is -1.92. The summed E-state index contributed by atoms with van der Waals surface area (Å²) in [5.74, 6) is 0. The van der Waals surface area contributed by atoms with E-state index in [-0.39, 0.29) is 0 Å². The predicted molar refractivity (Wildman–Crippen MR) is 156 cm³/mol. The average Bonchev–Trinajstić information content (AvgIpc) is 3.38. The van der Waals surface area contributed by atoms with Gasteiger partial charge >= 0.3 is 0 Å². The van der Waals surface area contributed by atoms with Crippen molar-refractivity contribution in [3.63, 3.8) is 0 Å². The summed E-state index contributed by atoms with van der Waals surface area (Å²) in [7, 11) is 0. The molecule has 1 aliphatic rings. The molecule has 0 amide bonds. The second-order valence-corrected chi connectivity index (χ2v) is 9.71. The SMILES string of the molecule is c1ccc(-c2cc3c(c(-c4ccccc4)c2)-c2c(-c4ccccc4)ccc(-c4ccccc4)c2C3)cc1. The van der Waals surface area contributed by atoms with Crippen LogP contribution in [0.3, 0.4) is 0 Å². The van der Waals surface area contributed by atoms with Gasteiger partial charge in [0.1, 0.15) is 0 Å². The predicted octanol–water partition coefficient (Wildman–Crippen LogP) is 9.93. The van der Waals surface area contributed by atoms with Gasteiger partial charge in [0, 0.05) is 0 Å². The Labute approximate surface area is 218 Å². The maximum absolute atomic E-state index is 2.42. The molecule has 0 fully saturated rings. The van der Waals surface area contributed by atoms with Crippen molar-refractivity contribution in [2.24, 2.45) is 0 Å². The molecule has 0 N–H and O–H groups in total. The van der Waals surface area contributed by atoms with E-state index >= 15 is 0 Å². The van der Waals surface area contributed by atoms with Gasteiger partial charge in [0.15, 0.2) is 0 Å². The van der Waals surface area contributed by atoms with Crippen molar-refractivity contribution in [1.82, 2.24) is 0 Å². The Balaban J connectivity index is 1.56. The van der Waals surface area contributed by atoms with Crippen LogP contribution in [-0.4, -0.2) is 0 Å². The standard InChI is InChI=1S/C37H26/c1-5-13-26(14-6-1)30-23-31-25-35-32(27-15-7-2-8-16-27)21-22-33(28-17-9-3-10-18-28)37(35)36(31)34(24-30)29-19-11-4-12-20-29/h1-24H,25H2. The van der Waals surface area contributed by atoms with E-state index in [0.717, 1.165) is 6.42 Å². The van der Waals surface area contributed by atoms with Crippen molar-refractivity contribution in [2.45, 2.75) is 6.42 Å². The van der Waals surface area contributed by atoms with Crippen molar-refractivity contribution in [3.8, 4) is 55.6 Å². The molecular formula is C37H26. The molecule has 0 atom stereocenters. The minimum Gasteiger partial charge on any atom is -0.0622 e. The fourth-order valence-electron chi connectivity index (χ4n) is 5.83.